The van der Waals surface area contributed by atoms with Gasteiger partial charge >= 0.3 is 0 Å². The van der Waals surface area contributed by atoms with Gasteiger partial charge in [-0.3, -0.25) is 9.71 Å². The zero-order chi connectivity index (χ0) is 15.5. The van der Waals surface area contributed by atoms with Gasteiger partial charge in [0.15, 0.2) is 0 Å². The van der Waals surface area contributed by atoms with Crippen LogP contribution in [0.15, 0.2) is 35.5 Å². The van der Waals surface area contributed by atoms with Gasteiger partial charge in [-0.25, -0.2) is 13.4 Å². The van der Waals surface area contributed by atoms with E-state index in [2.05, 4.69) is 20.0 Å². The first-order valence-electron chi connectivity index (χ1n) is 6.27. The molecular formula is C13H15ClN4O2S. The van der Waals surface area contributed by atoms with Gasteiger partial charge in [0.05, 0.1) is 16.9 Å². The Labute approximate surface area is 128 Å². The van der Waals surface area contributed by atoms with Gasteiger partial charge < -0.3 is 5.32 Å². The molecule has 0 aliphatic heterocycles. The number of nitrogens with one attached hydrogen (secondary N) is 2. The lowest BCUT2D eigenvalue weighted by Crippen LogP contribution is -2.14. The van der Waals surface area contributed by atoms with Crippen molar-refractivity contribution >= 4 is 33.1 Å². The summed E-state index contributed by atoms with van der Waals surface area (Å²) in [4.78, 5) is 8.04. The second kappa shape index (κ2) is 6.28. The zero-order valence-electron chi connectivity index (χ0n) is 11.6. The number of sulfonamides is 1. The van der Waals surface area contributed by atoms with Gasteiger partial charge in [0.25, 0.3) is 10.0 Å². The Hall–Kier alpha value is -1.86. The molecule has 6 nitrogen and oxygen atoms in total. The van der Waals surface area contributed by atoms with E-state index in [9.17, 15) is 8.42 Å². The fourth-order valence-corrected chi connectivity index (χ4v) is 2.92. The first-order valence-corrected chi connectivity index (χ1v) is 8.13. The van der Waals surface area contributed by atoms with Gasteiger partial charge in [-0.15, -0.1) is 0 Å². The van der Waals surface area contributed by atoms with Gasteiger partial charge in [-0.05, 0) is 32.0 Å². The molecule has 0 radical (unpaired) electrons. The van der Waals surface area contributed by atoms with E-state index in [0.717, 1.165) is 5.69 Å². The van der Waals surface area contributed by atoms with Crippen LogP contribution in [0.2, 0.25) is 5.02 Å². The largest absolute Gasteiger partial charge is 0.369 e. The molecule has 0 saturated heterocycles. The number of pyridine rings is 2. The van der Waals surface area contributed by atoms with Crippen molar-refractivity contribution in [1.29, 1.82) is 0 Å². The number of aryl methyl sites for hydroxylation is 1. The lowest BCUT2D eigenvalue weighted by atomic mass is 10.4. The van der Waals surface area contributed by atoms with E-state index in [-0.39, 0.29) is 9.92 Å². The number of rotatable bonds is 5. The number of aromatic nitrogens is 2. The molecule has 2 N–H and O–H groups in total. The van der Waals surface area contributed by atoms with Crippen LogP contribution in [0.4, 0.5) is 11.5 Å². The Balaban J connectivity index is 2.27. The summed E-state index contributed by atoms with van der Waals surface area (Å²) in [5.74, 6) is 0.454. The molecule has 0 spiro atoms. The molecule has 0 bridgehead atoms. The summed E-state index contributed by atoms with van der Waals surface area (Å²) in [5.41, 5.74) is 1.19. The van der Waals surface area contributed by atoms with Crippen molar-refractivity contribution in [3.8, 4) is 0 Å². The molecule has 21 heavy (non-hydrogen) atoms. The highest BCUT2D eigenvalue weighted by molar-refractivity contribution is 7.92. The molecule has 0 saturated carbocycles. The van der Waals surface area contributed by atoms with Gasteiger partial charge in [0.1, 0.15) is 10.7 Å². The summed E-state index contributed by atoms with van der Waals surface area (Å²) >= 11 is 6.01. The minimum absolute atomic E-state index is 0.00488. The highest BCUT2D eigenvalue weighted by Gasteiger charge is 2.17. The van der Waals surface area contributed by atoms with Crippen molar-refractivity contribution in [2.45, 2.75) is 18.7 Å². The Morgan fingerprint density at radius 3 is 2.57 bits per heavy atom. The van der Waals surface area contributed by atoms with Crippen molar-refractivity contribution in [2.75, 3.05) is 16.6 Å². The third-order valence-electron chi connectivity index (χ3n) is 2.63. The fraction of sp³-hybridized carbons (Fsp3) is 0.231. The van der Waals surface area contributed by atoms with Crippen LogP contribution in [0.3, 0.4) is 0 Å². The van der Waals surface area contributed by atoms with Crippen LogP contribution < -0.4 is 10.0 Å². The predicted octanol–water partition coefficient (Wildman–Crippen LogP) is 2.67. The summed E-state index contributed by atoms with van der Waals surface area (Å²) in [5, 5.41) is 3.19. The molecule has 2 rings (SSSR count). The number of anilines is 2. The van der Waals surface area contributed by atoms with Crippen molar-refractivity contribution in [1.82, 2.24) is 9.97 Å². The molecule has 2 heterocycles. The Bertz CT molecular complexity index is 732. The van der Waals surface area contributed by atoms with Crippen LogP contribution in [-0.2, 0) is 10.0 Å². The Morgan fingerprint density at radius 1 is 1.24 bits per heavy atom. The number of nitrogens with zero attached hydrogens (tertiary/aromatic N) is 2. The van der Waals surface area contributed by atoms with Gasteiger partial charge in [-0.1, -0.05) is 11.6 Å². The average molecular weight is 327 g/mol. The van der Waals surface area contributed by atoms with Crippen molar-refractivity contribution in [3.05, 3.63) is 41.3 Å². The lowest BCUT2D eigenvalue weighted by Gasteiger charge is -2.10. The van der Waals surface area contributed by atoms with Crippen LogP contribution in [0.5, 0.6) is 0 Å². The monoisotopic (exact) mass is 326 g/mol. The summed E-state index contributed by atoms with van der Waals surface area (Å²) in [6, 6.07) is 4.72. The van der Waals surface area contributed by atoms with Crippen LogP contribution >= 0.6 is 11.6 Å². The number of halogens is 1. The van der Waals surface area contributed by atoms with E-state index >= 15 is 0 Å². The molecule has 2 aromatic rings. The first-order chi connectivity index (χ1) is 9.92. The van der Waals surface area contributed by atoms with Gasteiger partial charge in [-0.2, -0.15) is 0 Å². The highest BCUT2D eigenvalue weighted by Crippen LogP contribution is 2.23. The first kappa shape index (κ1) is 15.5. The topological polar surface area (TPSA) is 84.0 Å². The van der Waals surface area contributed by atoms with Crippen LogP contribution in [0.1, 0.15) is 12.6 Å². The van der Waals surface area contributed by atoms with Gasteiger partial charge in [0.2, 0.25) is 0 Å². The van der Waals surface area contributed by atoms with E-state index in [1.807, 2.05) is 13.8 Å². The van der Waals surface area contributed by atoms with E-state index in [0.29, 0.717) is 18.1 Å². The van der Waals surface area contributed by atoms with Crippen molar-refractivity contribution in [3.63, 3.8) is 0 Å². The molecule has 0 amide bonds. The Morgan fingerprint density at radius 2 is 2.00 bits per heavy atom. The maximum atomic E-state index is 12.2. The molecule has 0 aliphatic rings. The normalized spacial score (nSPS) is 11.2. The number of hydrogen-bond donors (Lipinski definition) is 2. The van der Waals surface area contributed by atoms with E-state index in [1.54, 1.807) is 12.1 Å². The lowest BCUT2D eigenvalue weighted by molar-refractivity contribution is 0.601. The van der Waals surface area contributed by atoms with E-state index in [4.69, 9.17) is 11.6 Å². The summed E-state index contributed by atoms with van der Waals surface area (Å²) in [7, 11) is -3.75. The molecule has 2 aromatic heterocycles. The van der Waals surface area contributed by atoms with Gasteiger partial charge in [0, 0.05) is 18.4 Å². The molecule has 0 aliphatic carbocycles. The molecular weight excluding hydrogens is 312 g/mol. The molecule has 112 valence electrons. The molecule has 0 fully saturated rings. The minimum Gasteiger partial charge on any atom is -0.369 e. The van der Waals surface area contributed by atoms with E-state index in [1.165, 1.54) is 18.5 Å². The zero-order valence-corrected chi connectivity index (χ0v) is 13.2. The standard InChI is InChI=1S/C13H15ClN4O2S/c1-3-15-13-12(14)6-11(8-17-13)21(19,20)18-10-5-4-9(2)16-7-10/h4-8,18H,3H2,1-2H3,(H,15,17). The molecule has 8 heteroatoms. The maximum absolute atomic E-state index is 12.2. The molecule has 0 aromatic carbocycles. The SMILES string of the molecule is CCNc1ncc(S(=O)(=O)Nc2ccc(C)nc2)cc1Cl. The smallest absolute Gasteiger partial charge is 0.263 e. The van der Waals surface area contributed by atoms with Crippen molar-refractivity contribution < 1.29 is 8.42 Å². The summed E-state index contributed by atoms with van der Waals surface area (Å²) in [6.07, 6.45) is 2.71. The predicted molar refractivity (Wildman–Crippen MR) is 83.2 cm³/mol. The molecule has 0 unspecified atom stereocenters. The maximum Gasteiger partial charge on any atom is 0.263 e. The third kappa shape index (κ3) is 3.83. The average Bonchev–Trinajstić information content (AvgIpc) is 2.43. The van der Waals surface area contributed by atoms with E-state index < -0.39 is 10.0 Å². The second-order valence-corrected chi connectivity index (χ2v) is 6.42. The summed E-state index contributed by atoms with van der Waals surface area (Å²) in [6.45, 7) is 4.36. The third-order valence-corrected chi connectivity index (χ3v) is 4.27. The van der Waals surface area contributed by atoms with Crippen LogP contribution in [0.25, 0.3) is 0 Å². The Kier molecular flexibility index (Phi) is 4.64. The van der Waals surface area contributed by atoms with Crippen LogP contribution in [-0.4, -0.2) is 24.9 Å². The summed E-state index contributed by atoms with van der Waals surface area (Å²) < 4.78 is 26.9. The molecule has 0 atom stereocenters. The van der Waals surface area contributed by atoms with Crippen molar-refractivity contribution in [2.24, 2.45) is 0 Å². The van der Waals surface area contributed by atoms with Crippen LogP contribution in [0, 0.1) is 6.92 Å². The fourth-order valence-electron chi connectivity index (χ4n) is 1.61. The highest BCUT2D eigenvalue weighted by atomic mass is 35.5. The quantitative estimate of drug-likeness (QED) is 0.882. The second-order valence-electron chi connectivity index (χ2n) is 4.33. The minimum atomic E-state index is -3.75. The number of hydrogen-bond acceptors (Lipinski definition) is 5.